The molecule has 4 heterocycles. The van der Waals surface area contributed by atoms with Crippen LogP contribution < -0.4 is 20.7 Å². The number of carbonyl (C=O) groups is 10. The van der Waals surface area contributed by atoms with Crippen LogP contribution in [0.4, 0.5) is 5.69 Å². The summed E-state index contributed by atoms with van der Waals surface area (Å²) >= 11 is 1.04. The van der Waals surface area contributed by atoms with Gasteiger partial charge in [-0.1, -0.05) is 53.5 Å². The number of nitrogens with one attached hydrogen (secondary N) is 3. The lowest BCUT2D eigenvalue weighted by Crippen LogP contribution is -2.58. The van der Waals surface area contributed by atoms with Crippen molar-refractivity contribution >= 4 is 92.0 Å². The van der Waals surface area contributed by atoms with Gasteiger partial charge >= 0.3 is 20.1 Å². The molecule has 8 amide bonds. The molecular formula is C57H86N11O18P2S+. The van der Waals surface area contributed by atoms with Gasteiger partial charge in [0, 0.05) is 101 Å². The van der Waals surface area contributed by atoms with Gasteiger partial charge in [-0.3, -0.25) is 67.2 Å². The Labute approximate surface area is 522 Å². The maximum atomic E-state index is 15.2. The van der Waals surface area contributed by atoms with Gasteiger partial charge in [-0.05, 0) is 90.0 Å². The van der Waals surface area contributed by atoms with Crippen LogP contribution in [-0.4, -0.2) is 223 Å². The van der Waals surface area contributed by atoms with Crippen molar-refractivity contribution in [2.45, 2.75) is 123 Å². The number of rotatable bonds is 35. The Morgan fingerprint density at radius 1 is 0.843 bits per heavy atom. The van der Waals surface area contributed by atoms with Crippen LogP contribution in [0.15, 0.2) is 47.9 Å². The number of nitrogens with zero attached hydrogens (tertiary/aromatic N) is 8. The third kappa shape index (κ3) is 20.5. The number of hydrogen-bond acceptors (Lipinski definition) is 20. The van der Waals surface area contributed by atoms with Gasteiger partial charge in [0.25, 0.3) is 37.1 Å². The molecular weight excluding hydrogens is 1220 g/mol. The van der Waals surface area contributed by atoms with Crippen molar-refractivity contribution in [3.8, 4) is 5.75 Å². The molecule has 0 radical (unpaired) electrons. The number of carboxylic acid groups (broad SMARTS) is 1. The highest BCUT2D eigenvalue weighted by Gasteiger charge is 2.41. The van der Waals surface area contributed by atoms with Crippen molar-refractivity contribution in [2.24, 2.45) is 17.8 Å². The normalized spacial score (nSPS) is 17.8. The molecule has 3 aliphatic rings. The van der Waals surface area contributed by atoms with E-state index < -0.39 is 100 Å². The standard InChI is InChI=1S/C57H85N11O18P2S/c1-12-36(4)52(61-54(76)43-15-13-14-23-62(43)7)56(77)66(11)44(35(2)3)32-46(86-38(6)69)55-60-42(33-89-55)53(75)58-40(29-37(5)57(78)79)30-39-16-17-45(84-34-85-88(81,82)83)41(31-39)59-47(70)22-24-63(8)87(80,64(9)25-27-67-48(71)18-19-49(67)72)65(10)26-28-68-50(73)20-21-51(68)74/h16-21,31,33,35-37,40,43-44,46,52,81-83H,12-15,22-30,32,34H2,1-11H3,(H3-,58,59,61,70,75,76,78,79)/p+1/t36-,37?,40+,43-,44+,46+,52+/m0/s1. The van der Waals surface area contributed by atoms with Crippen molar-refractivity contribution < 1.29 is 86.3 Å². The number of amides is 8. The van der Waals surface area contributed by atoms with Crippen molar-refractivity contribution in [3.05, 3.63) is 64.1 Å². The number of anilines is 1. The minimum atomic E-state index is -4.79. The Bertz CT molecular complexity index is 2920. The number of esters is 1. The first kappa shape index (κ1) is 73.3. The van der Waals surface area contributed by atoms with Crippen molar-refractivity contribution in [3.63, 3.8) is 0 Å². The predicted molar refractivity (Wildman–Crippen MR) is 328 cm³/mol. The molecule has 1 aromatic carbocycles. The zero-order chi connectivity index (χ0) is 66.2. The molecule has 492 valence electrons. The summed E-state index contributed by atoms with van der Waals surface area (Å²) < 4.78 is 35.4. The summed E-state index contributed by atoms with van der Waals surface area (Å²) in [5, 5.41) is 20.4. The zero-order valence-corrected chi connectivity index (χ0v) is 54.8. The van der Waals surface area contributed by atoms with E-state index in [2.05, 4.69) is 25.5 Å². The van der Waals surface area contributed by atoms with E-state index in [4.69, 9.17) is 9.47 Å². The Balaban J connectivity index is 1.36. The number of aliphatic carboxylic acids is 1. The van der Waals surface area contributed by atoms with Crippen LogP contribution in [0, 0.1) is 17.8 Å². The summed E-state index contributed by atoms with van der Waals surface area (Å²) in [4.78, 5) is 169. The molecule has 89 heavy (non-hydrogen) atoms. The van der Waals surface area contributed by atoms with E-state index in [0.717, 1.165) is 64.8 Å². The second-order valence-electron chi connectivity index (χ2n) is 22.9. The maximum absolute atomic E-state index is 15.2. The molecule has 5 rings (SSSR count). The van der Waals surface area contributed by atoms with Crippen LogP contribution in [0.5, 0.6) is 5.75 Å². The molecule has 1 fully saturated rings. The average Bonchev–Trinajstić information content (AvgIpc) is 2.66. The molecule has 2 aromatic rings. The number of thiazole rings is 1. The number of hydrogen-bond donors (Lipinski definition) is 7. The molecule has 0 spiro atoms. The van der Waals surface area contributed by atoms with E-state index >= 15 is 4.57 Å². The van der Waals surface area contributed by atoms with Gasteiger partial charge in [0.2, 0.25) is 24.5 Å². The van der Waals surface area contributed by atoms with Crippen molar-refractivity contribution in [2.75, 3.05) is 86.6 Å². The number of likely N-dealkylation sites (N-methyl/N-ethyl adjacent to an activating group) is 4. The van der Waals surface area contributed by atoms with Gasteiger partial charge < -0.3 is 35.4 Å². The summed E-state index contributed by atoms with van der Waals surface area (Å²) in [6.07, 6.45) is 6.14. The smallest absolute Gasteiger partial charge is 0.481 e. The van der Waals surface area contributed by atoms with Crippen LogP contribution in [0.1, 0.15) is 114 Å². The lowest BCUT2D eigenvalue weighted by Gasteiger charge is -2.41. The molecule has 0 aliphatic carbocycles. The van der Waals surface area contributed by atoms with Crippen LogP contribution in [-0.2, 0) is 63.4 Å². The van der Waals surface area contributed by atoms with Crippen LogP contribution in [0.25, 0.3) is 0 Å². The van der Waals surface area contributed by atoms with Crippen LogP contribution in [0.2, 0.25) is 0 Å². The fraction of sp³-hybridized carbons (Fsp3) is 0.596. The summed E-state index contributed by atoms with van der Waals surface area (Å²) in [6.45, 7) is 9.53. The van der Waals surface area contributed by atoms with Gasteiger partial charge in [-0.15, -0.1) is 15.9 Å². The van der Waals surface area contributed by atoms with E-state index in [1.54, 1.807) is 11.9 Å². The van der Waals surface area contributed by atoms with E-state index in [1.165, 1.54) is 72.6 Å². The number of likely N-dealkylation sites (tertiary alicyclic amines) is 1. The summed E-state index contributed by atoms with van der Waals surface area (Å²) in [6, 6.07) is 1.68. The molecule has 29 nitrogen and oxygen atoms in total. The molecule has 32 heteroatoms. The Morgan fingerprint density at radius 3 is 1.96 bits per heavy atom. The van der Waals surface area contributed by atoms with E-state index in [0.29, 0.717) is 18.4 Å². The minimum Gasteiger partial charge on any atom is -0.481 e. The topological polar surface area (TPSA) is 368 Å². The van der Waals surface area contributed by atoms with Crippen LogP contribution in [0.3, 0.4) is 0 Å². The minimum absolute atomic E-state index is 0.0347. The first-order chi connectivity index (χ1) is 41.7. The zero-order valence-electron chi connectivity index (χ0n) is 52.2. The fourth-order valence-electron chi connectivity index (χ4n) is 10.6. The average molecular weight is 1310 g/mol. The first-order valence-electron chi connectivity index (χ1n) is 29.3. The van der Waals surface area contributed by atoms with Gasteiger partial charge in [-0.25, -0.2) is 19.0 Å². The van der Waals surface area contributed by atoms with Crippen molar-refractivity contribution in [1.82, 2.24) is 49.2 Å². The molecule has 0 bridgehead atoms. The summed E-state index contributed by atoms with van der Waals surface area (Å²) in [5.74, 6) is -7.46. The van der Waals surface area contributed by atoms with E-state index in [9.17, 15) is 67.7 Å². The van der Waals surface area contributed by atoms with E-state index in [1.807, 2.05) is 39.6 Å². The molecule has 1 unspecified atom stereocenters. The van der Waals surface area contributed by atoms with Crippen molar-refractivity contribution in [1.29, 1.82) is 0 Å². The third-order valence-electron chi connectivity index (χ3n) is 16.0. The van der Waals surface area contributed by atoms with Crippen LogP contribution >= 0.6 is 27.1 Å². The SMILES string of the molecule is CC[C@H](C)[C@@H](NC(=O)[C@@H]1CCCCN1C)C(=O)N(C)[C@H](C[C@@H](OC(C)=O)c1nc(C(=O)N[C@@H](Cc2ccc(OCO[P+](O)(O)O)c(NC(=O)CCN(C)P(=O)(N(C)CCN3C(=O)C=CC3=O)N(C)CCN3C(=O)C=CC3=O)c2)CC(C)C(=O)O)cs1)C(C)C. The Kier molecular flexibility index (Phi) is 27.2. The molecule has 7 N–H and O–H groups in total. The molecule has 1 aromatic heterocycles. The van der Waals surface area contributed by atoms with Gasteiger partial charge in [0.15, 0.2) is 6.10 Å². The second kappa shape index (κ2) is 33.1. The second-order valence-corrected chi connectivity index (χ2v) is 28.1. The summed E-state index contributed by atoms with van der Waals surface area (Å²) in [5.41, 5.74) is 0.288. The number of ether oxygens (including phenoxy) is 2. The number of carbonyl (C=O) groups excluding carboxylic acids is 9. The number of aromatic nitrogens is 1. The Morgan fingerprint density at radius 2 is 1.43 bits per heavy atom. The number of benzene rings is 1. The molecule has 0 saturated carbocycles. The highest BCUT2D eigenvalue weighted by atomic mass is 32.1. The lowest BCUT2D eigenvalue weighted by molar-refractivity contribution is -0.149. The maximum Gasteiger partial charge on any atom is 0.570 e. The largest absolute Gasteiger partial charge is 0.570 e. The predicted octanol–water partition coefficient (Wildman–Crippen LogP) is 3.18. The third-order valence-corrected chi connectivity index (χ3v) is 20.6. The molecule has 1 saturated heterocycles. The number of carboxylic acids is 1. The van der Waals surface area contributed by atoms with Gasteiger partial charge in [0.05, 0.1) is 17.6 Å². The molecule has 3 aliphatic heterocycles. The van der Waals surface area contributed by atoms with Gasteiger partial charge in [-0.2, -0.15) is 14.7 Å². The monoisotopic (exact) mass is 1310 g/mol. The Hall–Kier alpha value is -6.43. The fourth-order valence-corrected chi connectivity index (χ4v) is 14.2. The lowest BCUT2D eigenvalue weighted by atomic mass is 9.92. The highest BCUT2D eigenvalue weighted by Crippen LogP contribution is 2.54. The first-order valence-corrected chi connectivity index (χ1v) is 33.3. The molecule has 7 atom stereocenters. The summed E-state index contributed by atoms with van der Waals surface area (Å²) in [7, 11) is -0.739. The quantitative estimate of drug-likeness (QED) is 0.0225. The van der Waals surface area contributed by atoms with E-state index in [-0.39, 0.29) is 110 Å². The number of imide groups is 2. The highest BCUT2D eigenvalue weighted by molar-refractivity contribution is 7.56. The van der Waals surface area contributed by atoms with Gasteiger partial charge in [0.1, 0.15) is 22.5 Å². The number of piperidine rings is 1.